The second-order valence-corrected chi connectivity index (χ2v) is 7.14. The summed E-state index contributed by atoms with van der Waals surface area (Å²) in [6, 6.07) is 4.89. The van der Waals surface area contributed by atoms with Gasteiger partial charge in [-0.25, -0.2) is 0 Å². The van der Waals surface area contributed by atoms with E-state index in [1.807, 2.05) is 12.4 Å². The maximum absolute atomic E-state index is 4.11. The first-order chi connectivity index (χ1) is 9.88. The molecule has 2 nitrogen and oxygen atoms in total. The summed E-state index contributed by atoms with van der Waals surface area (Å²) in [6.07, 6.45) is 13.3. The predicted octanol–water partition coefficient (Wildman–Crippen LogP) is 4.06. The number of hydrogen-bond donors (Lipinski definition) is 1. The molecular formula is C17H28N2S. The van der Waals surface area contributed by atoms with Crippen LogP contribution in [0.15, 0.2) is 24.5 Å². The van der Waals surface area contributed by atoms with E-state index in [-0.39, 0.29) is 0 Å². The monoisotopic (exact) mass is 292 g/mol. The molecule has 0 aliphatic heterocycles. The van der Waals surface area contributed by atoms with Crippen molar-refractivity contribution in [3.63, 3.8) is 0 Å². The number of nitrogens with zero attached hydrogens (tertiary/aromatic N) is 1. The molecule has 20 heavy (non-hydrogen) atoms. The van der Waals surface area contributed by atoms with Crippen molar-refractivity contribution in [2.45, 2.75) is 63.2 Å². The molecule has 3 heteroatoms. The van der Waals surface area contributed by atoms with E-state index in [4.69, 9.17) is 0 Å². The van der Waals surface area contributed by atoms with Crippen molar-refractivity contribution in [2.75, 3.05) is 12.3 Å². The topological polar surface area (TPSA) is 24.9 Å². The van der Waals surface area contributed by atoms with Gasteiger partial charge in [-0.2, -0.15) is 11.8 Å². The van der Waals surface area contributed by atoms with Crippen LogP contribution in [0.5, 0.6) is 0 Å². The molecule has 0 bridgehead atoms. The molecule has 0 saturated heterocycles. The van der Waals surface area contributed by atoms with E-state index in [2.05, 4.69) is 41.1 Å². The van der Waals surface area contributed by atoms with Crippen molar-refractivity contribution in [2.24, 2.45) is 0 Å². The van der Waals surface area contributed by atoms with Crippen molar-refractivity contribution >= 4 is 11.8 Å². The number of thioether (sulfide) groups is 1. The average Bonchev–Trinajstić information content (AvgIpc) is 2.52. The van der Waals surface area contributed by atoms with E-state index in [1.54, 1.807) is 0 Å². The van der Waals surface area contributed by atoms with Crippen LogP contribution in [0.2, 0.25) is 0 Å². The Hall–Kier alpha value is -0.540. The van der Waals surface area contributed by atoms with Gasteiger partial charge in [0, 0.05) is 29.4 Å². The van der Waals surface area contributed by atoms with Crippen molar-refractivity contribution in [1.29, 1.82) is 0 Å². The zero-order valence-corrected chi connectivity index (χ0v) is 13.5. The van der Waals surface area contributed by atoms with Crippen LogP contribution in [0.1, 0.15) is 51.0 Å². The van der Waals surface area contributed by atoms with Crippen LogP contribution in [-0.2, 0) is 6.42 Å². The number of rotatable bonds is 8. The van der Waals surface area contributed by atoms with Crippen LogP contribution < -0.4 is 5.32 Å². The SMILES string of the molecule is CCCNC(CSC1CCCCC1)Cc1ccncc1. The molecule has 0 spiro atoms. The van der Waals surface area contributed by atoms with Crippen molar-refractivity contribution in [3.05, 3.63) is 30.1 Å². The number of nitrogens with one attached hydrogen (secondary N) is 1. The summed E-state index contributed by atoms with van der Waals surface area (Å²) in [4.78, 5) is 4.11. The second kappa shape index (κ2) is 9.41. The van der Waals surface area contributed by atoms with Gasteiger partial charge in [-0.15, -0.1) is 0 Å². The maximum Gasteiger partial charge on any atom is 0.0270 e. The molecule has 1 aromatic rings. The van der Waals surface area contributed by atoms with Crippen LogP contribution in [0.3, 0.4) is 0 Å². The Morgan fingerprint density at radius 2 is 2.00 bits per heavy atom. The van der Waals surface area contributed by atoms with Crippen LogP contribution in [0, 0.1) is 0 Å². The summed E-state index contributed by atoms with van der Waals surface area (Å²) >= 11 is 2.20. The molecule has 112 valence electrons. The van der Waals surface area contributed by atoms with E-state index in [0.29, 0.717) is 6.04 Å². The van der Waals surface area contributed by atoms with E-state index < -0.39 is 0 Å². The minimum Gasteiger partial charge on any atom is -0.313 e. The Labute approximate surface area is 128 Å². The van der Waals surface area contributed by atoms with Crippen molar-refractivity contribution in [1.82, 2.24) is 10.3 Å². The Morgan fingerprint density at radius 3 is 2.70 bits per heavy atom. The van der Waals surface area contributed by atoms with Gasteiger partial charge in [0.1, 0.15) is 0 Å². The first-order valence-corrected chi connectivity index (χ1v) is 9.17. The molecule has 1 aliphatic carbocycles. The average molecular weight is 292 g/mol. The molecule has 1 fully saturated rings. The highest BCUT2D eigenvalue weighted by Gasteiger charge is 2.16. The molecule has 1 heterocycles. The summed E-state index contributed by atoms with van der Waals surface area (Å²) in [5, 5.41) is 4.63. The van der Waals surface area contributed by atoms with Gasteiger partial charge in [-0.1, -0.05) is 26.2 Å². The first kappa shape index (κ1) is 15.8. The Kier molecular flexibility index (Phi) is 7.45. The largest absolute Gasteiger partial charge is 0.313 e. The standard InChI is InChI=1S/C17H28N2S/c1-2-10-19-16(13-15-8-11-18-12-9-15)14-20-17-6-4-3-5-7-17/h8-9,11-12,16-17,19H,2-7,10,13-14H2,1H3. The summed E-state index contributed by atoms with van der Waals surface area (Å²) in [6.45, 7) is 3.37. The van der Waals surface area contributed by atoms with Gasteiger partial charge in [0.15, 0.2) is 0 Å². The normalized spacial score (nSPS) is 18.1. The highest BCUT2D eigenvalue weighted by Crippen LogP contribution is 2.28. The number of hydrogen-bond acceptors (Lipinski definition) is 3. The van der Waals surface area contributed by atoms with Crippen molar-refractivity contribution < 1.29 is 0 Å². The summed E-state index contributed by atoms with van der Waals surface area (Å²) in [5.41, 5.74) is 1.40. The fraction of sp³-hybridized carbons (Fsp3) is 0.706. The molecule has 1 N–H and O–H groups in total. The third kappa shape index (κ3) is 5.84. The quantitative estimate of drug-likeness (QED) is 0.782. The third-order valence-corrected chi connectivity index (χ3v) is 5.54. The fourth-order valence-electron chi connectivity index (χ4n) is 2.83. The van der Waals surface area contributed by atoms with E-state index >= 15 is 0 Å². The first-order valence-electron chi connectivity index (χ1n) is 8.12. The number of aromatic nitrogens is 1. The molecule has 1 unspecified atom stereocenters. The highest BCUT2D eigenvalue weighted by molar-refractivity contribution is 7.99. The molecule has 0 amide bonds. The maximum atomic E-state index is 4.11. The Morgan fingerprint density at radius 1 is 1.25 bits per heavy atom. The minimum absolute atomic E-state index is 0.601. The number of pyridine rings is 1. The van der Waals surface area contributed by atoms with Gasteiger partial charge in [-0.3, -0.25) is 4.98 Å². The molecular weight excluding hydrogens is 264 g/mol. The molecule has 1 saturated carbocycles. The zero-order chi connectivity index (χ0) is 14.0. The fourth-order valence-corrected chi connectivity index (χ4v) is 4.23. The highest BCUT2D eigenvalue weighted by atomic mass is 32.2. The molecule has 1 aliphatic rings. The van der Waals surface area contributed by atoms with E-state index in [9.17, 15) is 0 Å². The molecule has 2 rings (SSSR count). The van der Waals surface area contributed by atoms with Crippen molar-refractivity contribution in [3.8, 4) is 0 Å². The Bertz CT molecular complexity index is 349. The van der Waals surface area contributed by atoms with Gasteiger partial charge in [0.25, 0.3) is 0 Å². The molecule has 0 aromatic carbocycles. The summed E-state index contributed by atoms with van der Waals surface area (Å²) in [7, 11) is 0. The smallest absolute Gasteiger partial charge is 0.0270 e. The van der Waals surface area contributed by atoms with Crippen LogP contribution in [0.25, 0.3) is 0 Å². The molecule has 1 atom stereocenters. The van der Waals surface area contributed by atoms with Gasteiger partial charge in [0.2, 0.25) is 0 Å². The Balaban J connectivity index is 1.79. The lowest BCUT2D eigenvalue weighted by Crippen LogP contribution is -2.34. The van der Waals surface area contributed by atoms with Gasteiger partial charge >= 0.3 is 0 Å². The van der Waals surface area contributed by atoms with E-state index in [1.165, 1.54) is 49.8 Å². The zero-order valence-electron chi connectivity index (χ0n) is 12.7. The lowest BCUT2D eigenvalue weighted by atomic mass is 10.0. The predicted molar refractivity (Wildman–Crippen MR) is 89.4 cm³/mol. The van der Waals surface area contributed by atoms with Crippen LogP contribution in [0.4, 0.5) is 0 Å². The van der Waals surface area contributed by atoms with Crippen LogP contribution in [-0.4, -0.2) is 28.6 Å². The lowest BCUT2D eigenvalue weighted by Gasteiger charge is -2.24. The molecule has 0 radical (unpaired) electrons. The van der Waals surface area contributed by atoms with Gasteiger partial charge in [-0.05, 0) is 49.9 Å². The third-order valence-electron chi connectivity index (χ3n) is 4.00. The summed E-state index contributed by atoms with van der Waals surface area (Å²) < 4.78 is 0. The molecule has 1 aromatic heterocycles. The minimum atomic E-state index is 0.601. The van der Waals surface area contributed by atoms with E-state index in [0.717, 1.165) is 18.2 Å². The van der Waals surface area contributed by atoms with Gasteiger partial charge in [0.05, 0.1) is 0 Å². The van der Waals surface area contributed by atoms with Crippen LogP contribution >= 0.6 is 11.8 Å². The lowest BCUT2D eigenvalue weighted by molar-refractivity contribution is 0.511. The summed E-state index contributed by atoms with van der Waals surface area (Å²) in [5.74, 6) is 1.24. The van der Waals surface area contributed by atoms with Gasteiger partial charge < -0.3 is 5.32 Å². The second-order valence-electron chi connectivity index (χ2n) is 5.80.